The largest absolute Gasteiger partial charge is 0.433 e. The Bertz CT molecular complexity index is 1530. The van der Waals surface area contributed by atoms with Crippen LogP contribution < -0.4 is 5.73 Å². The molecule has 0 bridgehead atoms. The summed E-state index contributed by atoms with van der Waals surface area (Å²) in [6.45, 7) is 0. The zero-order chi connectivity index (χ0) is 24.0. The lowest BCUT2D eigenvalue weighted by molar-refractivity contribution is -0.140. The summed E-state index contributed by atoms with van der Waals surface area (Å²) in [7, 11) is 1.78. The smallest absolute Gasteiger partial charge is 0.364 e. The molecule has 2 N–H and O–H groups in total. The lowest BCUT2D eigenvalue weighted by Gasteiger charge is -2.14. The fourth-order valence-electron chi connectivity index (χ4n) is 3.68. The van der Waals surface area contributed by atoms with Crippen LogP contribution in [0.2, 0.25) is 0 Å². The quantitative estimate of drug-likeness (QED) is 0.434. The van der Waals surface area contributed by atoms with E-state index in [2.05, 4.69) is 20.1 Å². The Morgan fingerprint density at radius 3 is 2.50 bits per heavy atom. The van der Waals surface area contributed by atoms with Crippen LogP contribution in [-0.4, -0.2) is 35.2 Å². The van der Waals surface area contributed by atoms with Gasteiger partial charge in [-0.05, 0) is 23.8 Å². The molecule has 0 saturated heterocycles. The summed E-state index contributed by atoms with van der Waals surface area (Å²) in [5.41, 5.74) is 6.81. The number of alkyl halides is 3. The monoisotopic (exact) mass is 463 g/mol. The van der Waals surface area contributed by atoms with Crippen LogP contribution in [0.4, 0.5) is 13.2 Å². The fraction of sp³-hybridized carbons (Fsp3) is 0.0870. The number of benzene rings is 1. The molecule has 0 fully saturated rings. The number of aromatic nitrogens is 6. The Labute approximate surface area is 190 Å². The highest BCUT2D eigenvalue weighted by molar-refractivity contribution is 5.99. The lowest BCUT2D eigenvalue weighted by Crippen LogP contribution is -2.12. The number of carbonyl (C=O) groups excluding carboxylic acids is 1. The molecule has 1 aromatic carbocycles. The van der Waals surface area contributed by atoms with Gasteiger partial charge >= 0.3 is 6.18 Å². The van der Waals surface area contributed by atoms with E-state index in [1.165, 1.54) is 24.7 Å². The molecular weight excluding hydrogens is 447 g/mol. The van der Waals surface area contributed by atoms with Crippen molar-refractivity contribution in [3.05, 3.63) is 78.9 Å². The number of primary amides is 1. The third-order valence-corrected chi connectivity index (χ3v) is 5.30. The predicted octanol–water partition coefficient (Wildman–Crippen LogP) is 4.00. The number of nitrogens with zero attached hydrogens (tertiary/aromatic N) is 6. The van der Waals surface area contributed by atoms with Gasteiger partial charge in [-0.3, -0.25) is 14.5 Å². The second kappa shape index (κ2) is 7.80. The number of rotatable bonds is 4. The van der Waals surface area contributed by atoms with Crippen LogP contribution in [-0.2, 0) is 13.2 Å². The standard InChI is InChI=1S/C23H16F3N7O/c1-32-10-14(9-30-32)18-11-33(12-29-18)19-4-2-3-15-16(7-20(23(24,25)26)31-21(15)19)13-5-6-17(22(27)34)28-8-13/h2-12H,1H3,(H2,27,34). The van der Waals surface area contributed by atoms with Gasteiger partial charge in [-0.25, -0.2) is 9.97 Å². The minimum Gasteiger partial charge on any atom is -0.364 e. The van der Waals surface area contributed by atoms with E-state index in [1.54, 1.807) is 53.1 Å². The van der Waals surface area contributed by atoms with Gasteiger partial charge in [0, 0.05) is 42.2 Å². The molecule has 5 aromatic rings. The van der Waals surface area contributed by atoms with Crippen molar-refractivity contribution in [3.63, 3.8) is 0 Å². The van der Waals surface area contributed by atoms with Gasteiger partial charge in [0.1, 0.15) is 11.4 Å². The van der Waals surface area contributed by atoms with E-state index >= 15 is 0 Å². The summed E-state index contributed by atoms with van der Waals surface area (Å²) in [6.07, 6.45) is 3.30. The Morgan fingerprint density at radius 1 is 1.03 bits per heavy atom. The molecule has 0 aliphatic heterocycles. The van der Waals surface area contributed by atoms with Crippen molar-refractivity contribution in [3.8, 4) is 28.1 Å². The summed E-state index contributed by atoms with van der Waals surface area (Å²) in [6, 6.07) is 8.93. The number of para-hydroxylation sites is 1. The van der Waals surface area contributed by atoms with Crippen molar-refractivity contribution in [2.75, 3.05) is 0 Å². The van der Waals surface area contributed by atoms with E-state index < -0.39 is 17.8 Å². The number of halogens is 3. The van der Waals surface area contributed by atoms with Crippen LogP contribution in [0.3, 0.4) is 0 Å². The highest BCUT2D eigenvalue weighted by Gasteiger charge is 2.34. The summed E-state index contributed by atoms with van der Waals surface area (Å²) >= 11 is 0. The minimum atomic E-state index is -4.67. The molecule has 170 valence electrons. The predicted molar refractivity (Wildman–Crippen MR) is 118 cm³/mol. The SMILES string of the molecule is Cn1cc(-c2cn(-c3cccc4c(-c5ccc(C(N)=O)nc5)cc(C(F)(F)F)nc34)cn2)cn1. The van der Waals surface area contributed by atoms with Gasteiger partial charge < -0.3 is 10.3 Å². The van der Waals surface area contributed by atoms with Crippen LogP contribution in [0.1, 0.15) is 16.2 Å². The second-order valence-electron chi connectivity index (χ2n) is 7.59. The molecule has 0 saturated carbocycles. The maximum atomic E-state index is 13.8. The molecule has 0 radical (unpaired) electrons. The van der Waals surface area contributed by atoms with Gasteiger partial charge in [0.25, 0.3) is 5.91 Å². The van der Waals surface area contributed by atoms with Gasteiger partial charge in [0.2, 0.25) is 0 Å². The molecule has 34 heavy (non-hydrogen) atoms. The summed E-state index contributed by atoms with van der Waals surface area (Å²) in [4.78, 5) is 23.6. The molecular formula is C23H16F3N7O. The molecule has 11 heteroatoms. The van der Waals surface area contributed by atoms with E-state index in [1.807, 2.05) is 0 Å². The molecule has 0 aliphatic carbocycles. The van der Waals surface area contributed by atoms with Crippen molar-refractivity contribution in [1.29, 1.82) is 0 Å². The van der Waals surface area contributed by atoms with Crippen LogP contribution in [0.5, 0.6) is 0 Å². The Kier molecular flexibility index (Phi) is 4.89. The van der Waals surface area contributed by atoms with Crippen molar-refractivity contribution in [1.82, 2.24) is 29.3 Å². The van der Waals surface area contributed by atoms with Crippen LogP contribution in [0.25, 0.3) is 39.0 Å². The number of pyridine rings is 2. The Morgan fingerprint density at radius 2 is 1.85 bits per heavy atom. The molecule has 5 rings (SSSR count). The number of fused-ring (bicyclic) bond motifs is 1. The number of carbonyl (C=O) groups is 1. The Balaban J connectivity index is 1.71. The van der Waals surface area contributed by atoms with E-state index in [0.717, 1.165) is 11.6 Å². The molecule has 0 spiro atoms. The number of aryl methyl sites for hydroxylation is 1. The van der Waals surface area contributed by atoms with Crippen molar-refractivity contribution in [2.45, 2.75) is 6.18 Å². The molecule has 1 amide bonds. The first-order valence-electron chi connectivity index (χ1n) is 10.0. The van der Waals surface area contributed by atoms with E-state index in [4.69, 9.17) is 5.73 Å². The highest BCUT2D eigenvalue weighted by atomic mass is 19.4. The highest BCUT2D eigenvalue weighted by Crippen LogP contribution is 2.37. The van der Waals surface area contributed by atoms with Crippen LogP contribution in [0.15, 0.2) is 67.5 Å². The van der Waals surface area contributed by atoms with Crippen molar-refractivity contribution >= 4 is 16.8 Å². The summed E-state index contributed by atoms with van der Waals surface area (Å²) < 4.78 is 44.6. The summed E-state index contributed by atoms with van der Waals surface area (Å²) in [5.74, 6) is -0.728. The number of hydrogen-bond donors (Lipinski definition) is 1. The molecule has 4 heterocycles. The third-order valence-electron chi connectivity index (χ3n) is 5.30. The summed E-state index contributed by atoms with van der Waals surface area (Å²) in [5, 5.41) is 4.60. The van der Waals surface area contributed by atoms with Crippen LogP contribution in [0, 0.1) is 0 Å². The topological polar surface area (TPSA) is 105 Å². The first-order chi connectivity index (χ1) is 16.2. The maximum absolute atomic E-state index is 13.8. The Hall–Kier alpha value is -4.54. The van der Waals surface area contributed by atoms with Gasteiger partial charge in [-0.2, -0.15) is 18.3 Å². The number of imidazole rings is 1. The number of hydrogen-bond acceptors (Lipinski definition) is 5. The molecule has 8 nitrogen and oxygen atoms in total. The fourth-order valence-corrected chi connectivity index (χ4v) is 3.68. The average molecular weight is 463 g/mol. The zero-order valence-electron chi connectivity index (χ0n) is 17.7. The second-order valence-corrected chi connectivity index (χ2v) is 7.59. The molecule has 4 aromatic heterocycles. The van der Waals surface area contributed by atoms with Gasteiger partial charge in [-0.15, -0.1) is 0 Å². The minimum absolute atomic E-state index is 0.0141. The lowest BCUT2D eigenvalue weighted by atomic mass is 10.00. The average Bonchev–Trinajstić information content (AvgIpc) is 3.46. The number of amides is 1. The van der Waals surface area contributed by atoms with Gasteiger partial charge in [0.05, 0.1) is 29.4 Å². The maximum Gasteiger partial charge on any atom is 0.433 e. The van der Waals surface area contributed by atoms with Gasteiger partial charge in [0.15, 0.2) is 0 Å². The normalized spacial score (nSPS) is 11.8. The van der Waals surface area contributed by atoms with Crippen molar-refractivity contribution < 1.29 is 18.0 Å². The van der Waals surface area contributed by atoms with E-state index in [0.29, 0.717) is 22.3 Å². The molecule has 0 aliphatic rings. The van der Waals surface area contributed by atoms with Crippen molar-refractivity contribution in [2.24, 2.45) is 12.8 Å². The molecule has 0 unspecified atom stereocenters. The third kappa shape index (κ3) is 3.76. The first kappa shape index (κ1) is 21.3. The van der Waals surface area contributed by atoms with Crippen LogP contribution >= 0.6 is 0 Å². The van der Waals surface area contributed by atoms with E-state index in [-0.39, 0.29) is 16.8 Å². The van der Waals surface area contributed by atoms with E-state index in [9.17, 15) is 18.0 Å². The number of nitrogens with two attached hydrogens (primary N) is 1. The first-order valence-corrected chi connectivity index (χ1v) is 10.0. The molecule has 0 atom stereocenters. The van der Waals surface area contributed by atoms with Gasteiger partial charge in [-0.1, -0.05) is 18.2 Å². The zero-order valence-corrected chi connectivity index (χ0v) is 17.7.